The third-order valence-electron chi connectivity index (χ3n) is 4.25. The summed E-state index contributed by atoms with van der Waals surface area (Å²) in [5.74, 6) is -0.0931. The molecule has 2 aromatic heterocycles. The smallest absolute Gasteiger partial charge is 0.261 e. The summed E-state index contributed by atoms with van der Waals surface area (Å²) in [6, 6.07) is 11.6. The minimum atomic E-state index is -3.05. The average molecular weight is 393 g/mol. The molecule has 1 aromatic carbocycles. The second-order valence-corrected chi connectivity index (χ2v) is 10.8. The number of rotatable bonds is 3. The van der Waals surface area contributed by atoms with Crippen molar-refractivity contribution in [2.45, 2.75) is 18.9 Å². The lowest BCUT2D eigenvalue weighted by atomic mass is 10.0. The van der Waals surface area contributed by atoms with Crippen LogP contribution in [0.1, 0.15) is 23.0 Å². The summed E-state index contributed by atoms with van der Waals surface area (Å²) in [6.07, 6.45) is 0.456. The van der Waals surface area contributed by atoms with Crippen LogP contribution >= 0.6 is 22.7 Å². The normalized spacial score (nSPS) is 22.3. The average Bonchev–Trinajstić information content (AvgIpc) is 3.24. The van der Waals surface area contributed by atoms with Crippen LogP contribution in [0.4, 0.5) is 0 Å². The van der Waals surface area contributed by atoms with Gasteiger partial charge in [-0.05, 0) is 37.6 Å². The van der Waals surface area contributed by atoms with Crippen LogP contribution in [0.3, 0.4) is 0 Å². The molecule has 25 heavy (non-hydrogen) atoms. The lowest BCUT2D eigenvalue weighted by Crippen LogP contribution is -2.46. The number of benzene rings is 1. The summed E-state index contributed by atoms with van der Waals surface area (Å²) < 4.78 is 24.5. The lowest BCUT2D eigenvalue weighted by Gasteiger charge is -2.23. The second-order valence-electron chi connectivity index (χ2n) is 6.51. The third kappa shape index (κ3) is 3.33. The molecular weight excluding hydrogens is 376 g/mol. The van der Waals surface area contributed by atoms with Crippen molar-refractivity contribution in [1.82, 2.24) is 10.3 Å². The van der Waals surface area contributed by atoms with E-state index >= 15 is 0 Å². The molecule has 1 atom stereocenters. The fraction of sp³-hybridized carbons (Fsp3) is 0.294. The number of hydrogen-bond acceptors (Lipinski definition) is 6. The van der Waals surface area contributed by atoms with Gasteiger partial charge >= 0.3 is 0 Å². The van der Waals surface area contributed by atoms with E-state index in [4.69, 9.17) is 0 Å². The molecule has 8 heteroatoms. The van der Waals surface area contributed by atoms with Crippen LogP contribution in [-0.4, -0.2) is 36.4 Å². The van der Waals surface area contributed by atoms with E-state index in [1.54, 1.807) is 24.3 Å². The molecule has 0 aliphatic carbocycles. The predicted octanol–water partition coefficient (Wildman–Crippen LogP) is 3.33. The highest BCUT2D eigenvalue weighted by molar-refractivity contribution is 7.91. The van der Waals surface area contributed by atoms with Crippen molar-refractivity contribution in [3.8, 4) is 9.88 Å². The van der Waals surface area contributed by atoms with Crippen molar-refractivity contribution in [2.24, 2.45) is 0 Å². The number of thiophene rings is 1. The van der Waals surface area contributed by atoms with Gasteiger partial charge in [0.05, 0.1) is 37.0 Å². The van der Waals surface area contributed by atoms with Crippen molar-refractivity contribution in [3.05, 3.63) is 41.3 Å². The molecular formula is C17H16N2O3S3. The maximum absolute atomic E-state index is 12.5. The first-order chi connectivity index (χ1) is 11.8. The lowest BCUT2D eigenvalue weighted by molar-refractivity contribution is 0.0919. The molecule has 0 bridgehead atoms. The molecule has 0 unspecified atom stereocenters. The summed E-state index contributed by atoms with van der Waals surface area (Å²) >= 11 is 2.97. The van der Waals surface area contributed by atoms with Crippen LogP contribution in [0.5, 0.6) is 0 Å². The number of carbonyl (C=O) groups is 1. The molecule has 3 aromatic rings. The molecule has 4 rings (SSSR count). The van der Waals surface area contributed by atoms with E-state index in [9.17, 15) is 13.2 Å². The van der Waals surface area contributed by atoms with Gasteiger partial charge in [-0.3, -0.25) is 4.79 Å². The van der Waals surface area contributed by atoms with Gasteiger partial charge in [-0.1, -0.05) is 12.1 Å². The van der Waals surface area contributed by atoms with E-state index in [1.165, 1.54) is 11.3 Å². The summed E-state index contributed by atoms with van der Waals surface area (Å²) in [5.41, 5.74) is 0.265. The number of thiazole rings is 1. The van der Waals surface area contributed by atoms with E-state index in [1.807, 2.05) is 30.3 Å². The van der Waals surface area contributed by atoms with Crippen LogP contribution in [-0.2, 0) is 9.84 Å². The van der Waals surface area contributed by atoms with Crippen LogP contribution in [0.15, 0.2) is 36.4 Å². The van der Waals surface area contributed by atoms with Gasteiger partial charge in [-0.25, -0.2) is 13.4 Å². The fourth-order valence-corrected chi connectivity index (χ4v) is 7.01. The number of fused-ring (bicyclic) bond motifs is 1. The number of nitrogens with one attached hydrogen (secondary N) is 1. The maximum atomic E-state index is 12.5. The molecule has 0 spiro atoms. The van der Waals surface area contributed by atoms with Gasteiger partial charge in [-0.2, -0.15) is 0 Å². The Morgan fingerprint density at radius 1 is 1.20 bits per heavy atom. The highest BCUT2D eigenvalue weighted by Crippen LogP contribution is 2.34. The van der Waals surface area contributed by atoms with E-state index in [-0.39, 0.29) is 17.4 Å². The topological polar surface area (TPSA) is 76.1 Å². The molecule has 1 aliphatic heterocycles. The summed E-state index contributed by atoms with van der Waals surface area (Å²) in [5, 5.41) is 3.78. The Bertz CT molecular complexity index is 1030. The Morgan fingerprint density at radius 3 is 2.72 bits per heavy atom. The van der Waals surface area contributed by atoms with E-state index in [0.29, 0.717) is 11.3 Å². The van der Waals surface area contributed by atoms with Crippen LogP contribution in [0, 0.1) is 0 Å². The van der Waals surface area contributed by atoms with Gasteiger partial charge in [0, 0.05) is 0 Å². The van der Waals surface area contributed by atoms with Crippen molar-refractivity contribution >= 4 is 48.6 Å². The van der Waals surface area contributed by atoms with E-state index in [2.05, 4.69) is 10.3 Å². The van der Waals surface area contributed by atoms with Crippen LogP contribution < -0.4 is 5.32 Å². The Hall–Kier alpha value is -1.77. The molecule has 1 N–H and O–H groups in total. The van der Waals surface area contributed by atoms with Gasteiger partial charge in [0.25, 0.3) is 5.91 Å². The Labute approximate surface area is 153 Å². The molecule has 5 nitrogen and oxygen atoms in total. The zero-order chi connectivity index (χ0) is 17.7. The maximum Gasteiger partial charge on any atom is 0.261 e. The number of para-hydroxylation sites is 1. The summed E-state index contributed by atoms with van der Waals surface area (Å²) in [4.78, 5) is 18.6. The van der Waals surface area contributed by atoms with Gasteiger partial charge in [0.2, 0.25) is 0 Å². The Kier molecular flexibility index (Phi) is 3.93. The molecule has 1 aliphatic rings. The summed E-state index contributed by atoms with van der Waals surface area (Å²) in [7, 11) is -3.05. The molecule has 0 saturated carbocycles. The zero-order valence-corrected chi connectivity index (χ0v) is 15.9. The highest BCUT2D eigenvalue weighted by Gasteiger charge is 2.39. The Morgan fingerprint density at radius 2 is 2.00 bits per heavy atom. The van der Waals surface area contributed by atoms with Crippen molar-refractivity contribution in [2.75, 3.05) is 11.5 Å². The summed E-state index contributed by atoms with van der Waals surface area (Å²) in [6.45, 7) is 1.79. The quantitative estimate of drug-likeness (QED) is 0.742. The van der Waals surface area contributed by atoms with Gasteiger partial charge < -0.3 is 5.32 Å². The van der Waals surface area contributed by atoms with Crippen molar-refractivity contribution in [1.29, 1.82) is 0 Å². The molecule has 1 amide bonds. The zero-order valence-electron chi connectivity index (χ0n) is 13.5. The molecule has 1 fully saturated rings. The monoisotopic (exact) mass is 392 g/mol. The molecule has 130 valence electrons. The first kappa shape index (κ1) is 16.7. The number of aromatic nitrogens is 1. The second kappa shape index (κ2) is 5.89. The fourth-order valence-electron chi connectivity index (χ4n) is 3.00. The van der Waals surface area contributed by atoms with Gasteiger partial charge in [-0.15, -0.1) is 22.7 Å². The largest absolute Gasteiger partial charge is 0.345 e. The number of nitrogens with zero attached hydrogens (tertiary/aromatic N) is 1. The highest BCUT2D eigenvalue weighted by atomic mass is 32.2. The van der Waals surface area contributed by atoms with Gasteiger partial charge in [0.15, 0.2) is 9.84 Å². The first-order valence-corrected chi connectivity index (χ1v) is 11.3. The Balaban J connectivity index is 1.55. The van der Waals surface area contributed by atoms with E-state index in [0.717, 1.165) is 20.1 Å². The van der Waals surface area contributed by atoms with Crippen molar-refractivity contribution in [3.63, 3.8) is 0 Å². The van der Waals surface area contributed by atoms with Gasteiger partial charge in [0.1, 0.15) is 5.01 Å². The molecule has 1 saturated heterocycles. The number of hydrogen-bond donors (Lipinski definition) is 1. The van der Waals surface area contributed by atoms with Crippen LogP contribution in [0.25, 0.3) is 20.1 Å². The predicted molar refractivity (Wildman–Crippen MR) is 102 cm³/mol. The number of carbonyl (C=O) groups excluding carboxylic acids is 1. The minimum absolute atomic E-state index is 0.00183. The van der Waals surface area contributed by atoms with Crippen LogP contribution in [0.2, 0.25) is 0 Å². The van der Waals surface area contributed by atoms with E-state index < -0.39 is 15.4 Å². The molecule has 3 heterocycles. The SMILES string of the molecule is C[C@]1(NC(=O)c2ccc(-c3nc4ccccc4s3)s2)CCS(=O)(=O)C1. The number of amides is 1. The molecule has 0 radical (unpaired) electrons. The standard InChI is InChI=1S/C17H16N2O3S3/c1-17(8-9-25(21,22)10-17)19-15(20)13-6-7-14(23-13)16-18-11-4-2-3-5-12(11)24-16/h2-7H,8-10H2,1H3,(H,19,20)/t17-/m0/s1. The first-order valence-electron chi connectivity index (χ1n) is 7.82. The minimum Gasteiger partial charge on any atom is -0.345 e. The third-order valence-corrected chi connectivity index (χ3v) is 8.45. The number of sulfone groups is 1. The van der Waals surface area contributed by atoms with Crippen molar-refractivity contribution < 1.29 is 13.2 Å².